The van der Waals surface area contributed by atoms with E-state index in [-0.39, 0.29) is 28.0 Å². The summed E-state index contributed by atoms with van der Waals surface area (Å²) in [5, 5.41) is 10.4. The van der Waals surface area contributed by atoms with Crippen LogP contribution in [-0.2, 0) is 10.0 Å². The predicted octanol–water partition coefficient (Wildman–Crippen LogP) is 5.57. The van der Waals surface area contributed by atoms with E-state index in [9.17, 15) is 13.7 Å². The Labute approximate surface area is 196 Å². The van der Waals surface area contributed by atoms with Gasteiger partial charge in [0.1, 0.15) is 17.4 Å². The van der Waals surface area contributed by atoms with E-state index in [4.69, 9.17) is 16.3 Å². The lowest BCUT2D eigenvalue weighted by Gasteiger charge is -2.13. The quantitative estimate of drug-likeness (QED) is 0.390. The molecule has 1 N–H and O–H groups in total. The predicted molar refractivity (Wildman–Crippen MR) is 126 cm³/mol. The molecule has 33 heavy (non-hydrogen) atoms. The molecule has 0 aliphatic heterocycles. The minimum Gasteiger partial charge on any atom is -0.437 e. The van der Waals surface area contributed by atoms with Gasteiger partial charge in [0.2, 0.25) is 11.8 Å². The molecule has 0 radical (unpaired) electrons. The summed E-state index contributed by atoms with van der Waals surface area (Å²) in [6.45, 7) is 1.86. The van der Waals surface area contributed by atoms with Crippen LogP contribution in [0.4, 0.5) is 5.95 Å². The van der Waals surface area contributed by atoms with E-state index >= 15 is 0 Å². The number of rotatable bonds is 6. The Kier molecular flexibility index (Phi) is 6.27. The van der Waals surface area contributed by atoms with Crippen molar-refractivity contribution in [2.45, 2.75) is 11.8 Å². The maximum absolute atomic E-state index is 12.9. The summed E-state index contributed by atoms with van der Waals surface area (Å²) in [5.41, 5.74) is 1.73. The fourth-order valence-corrected chi connectivity index (χ4v) is 4.04. The number of nitrogens with zero attached hydrogens (tertiary/aromatic N) is 3. The van der Waals surface area contributed by atoms with Crippen LogP contribution < -0.4 is 9.46 Å². The molecule has 0 unspecified atom stereocenters. The third-order valence-corrected chi connectivity index (χ3v) is 6.22. The standard InChI is InChI=1S/C24H17ClN4O3S/c1-16-7-13-20(14-8-16)33(30,31)29-24-27-22(17-9-11-18(25)12-10-17)21(15-26)23(28-24)32-19-5-3-2-4-6-19/h2-14H,1H3,(H,27,28,29). The van der Waals surface area contributed by atoms with Crippen LogP contribution in [-0.4, -0.2) is 18.4 Å². The normalized spacial score (nSPS) is 10.9. The fraction of sp³-hybridized carbons (Fsp3) is 0.0417. The molecule has 4 rings (SSSR count). The third-order valence-electron chi connectivity index (χ3n) is 4.62. The molecule has 0 aliphatic carbocycles. The van der Waals surface area contributed by atoms with Crippen LogP contribution >= 0.6 is 11.6 Å². The SMILES string of the molecule is Cc1ccc(S(=O)(=O)Nc2nc(Oc3ccccc3)c(C#N)c(-c3ccc(Cl)cc3)n2)cc1. The van der Waals surface area contributed by atoms with Crippen LogP contribution in [0.25, 0.3) is 11.3 Å². The molecule has 0 bridgehead atoms. The van der Waals surface area contributed by atoms with E-state index in [1.165, 1.54) is 12.1 Å². The molecule has 0 spiro atoms. The van der Waals surface area contributed by atoms with Crippen molar-refractivity contribution < 1.29 is 13.2 Å². The Morgan fingerprint density at radius 2 is 1.61 bits per heavy atom. The number of nitrogens with one attached hydrogen (secondary N) is 1. The minimum absolute atomic E-state index is 0.0551. The molecule has 4 aromatic rings. The van der Waals surface area contributed by atoms with Gasteiger partial charge in [0, 0.05) is 10.6 Å². The second-order valence-corrected chi connectivity index (χ2v) is 9.15. The molecule has 1 heterocycles. The molecule has 0 fully saturated rings. The molecule has 164 valence electrons. The average molecular weight is 477 g/mol. The van der Waals surface area contributed by atoms with Gasteiger partial charge in [-0.15, -0.1) is 0 Å². The first-order valence-corrected chi connectivity index (χ1v) is 11.6. The fourth-order valence-electron chi connectivity index (χ4n) is 2.97. The lowest BCUT2D eigenvalue weighted by molar-refractivity contribution is 0.461. The van der Waals surface area contributed by atoms with Crippen LogP contribution in [0.3, 0.4) is 0 Å². The van der Waals surface area contributed by atoms with Crippen molar-refractivity contribution in [2.24, 2.45) is 0 Å². The monoisotopic (exact) mass is 476 g/mol. The number of ether oxygens (including phenoxy) is 1. The number of benzene rings is 3. The highest BCUT2D eigenvalue weighted by Crippen LogP contribution is 2.32. The van der Waals surface area contributed by atoms with Crippen molar-refractivity contribution in [2.75, 3.05) is 4.72 Å². The first kappa shape index (κ1) is 22.3. The number of aryl methyl sites for hydroxylation is 1. The molecular weight excluding hydrogens is 460 g/mol. The molecule has 0 amide bonds. The summed E-state index contributed by atoms with van der Waals surface area (Å²) in [7, 11) is -3.98. The zero-order valence-corrected chi connectivity index (χ0v) is 18.9. The van der Waals surface area contributed by atoms with Gasteiger partial charge in [-0.2, -0.15) is 10.2 Å². The zero-order valence-electron chi connectivity index (χ0n) is 17.4. The van der Waals surface area contributed by atoms with Crippen LogP contribution in [0.15, 0.2) is 83.8 Å². The number of para-hydroxylation sites is 1. The molecule has 3 aromatic carbocycles. The van der Waals surface area contributed by atoms with E-state index in [1.807, 2.05) is 13.0 Å². The third kappa shape index (κ3) is 5.12. The van der Waals surface area contributed by atoms with E-state index in [0.717, 1.165) is 5.56 Å². The van der Waals surface area contributed by atoms with Gasteiger partial charge < -0.3 is 4.74 Å². The van der Waals surface area contributed by atoms with E-state index in [0.29, 0.717) is 16.3 Å². The maximum atomic E-state index is 12.9. The first-order valence-electron chi connectivity index (χ1n) is 9.76. The van der Waals surface area contributed by atoms with Gasteiger partial charge in [-0.05, 0) is 43.3 Å². The van der Waals surface area contributed by atoms with Crippen molar-refractivity contribution in [3.63, 3.8) is 0 Å². The summed E-state index contributed by atoms with van der Waals surface area (Å²) in [6, 6.07) is 23.8. The molecule has 9 heteroatoms. The van der Waals surface area contributed by atoms with E-state index in [2.05, 4.69) is 20.8 Å². The Bertz CT molecular complexity index is 1430. The molecule has 0 aliphatic rings. The van der Waals surface area contributed by atoms with Crippen LogP contribution in [0.2, 0.25) is 5.02 Å². The number of hydrogen-bond acceptors (Lipinski definition) is 6. The summed E-state index contributed by atoms with van der Waals surface area (Å²) in [5.74, 6) is 0.123. The molecule has 0 saturated carbocycles. The molecule has 1 aromatic heterocycles. The second-order valence-electron chi connectivity index (χ2n) is 7.03. The number of aromatic nitrogens is 2. The summed E-state index contributed by atoms with van der Waals surface area (Å²) in [4.78, 5) is 8.58. The summed E-state index contributed by atoms with van der Waals surface area (Å²) < 4.78 is 34.0. The Morgan fingerprint density at radius 1 is 0.939 bits per heavy atom. The van der Waals surface area contributed by atoms with Gasteiger partial charge in [-0.3, -0.25) is 0 Å². The van der Waals surface area contributed by atoms with Crippen molar-refractivity contribution in [1.82, 2.24) is 9.97 Å². The Hall–Kier alpha value is -3.93. The number of hydrogen-bond donors (Lipinski definition) is 1. The number of halogens is 1. The van der Waals surface area contributed by atoms with Crippen molar-refractivity contribution in [3.8, 4) is 29.0 Å². The smallest absolute Gasteiger partial charge is 0.264 e. The highest BCUT2D eigenvalue weighted by atomic mass is 35.5. The van der Waals surface area contributed by atoms with Gasteiger partial charge in [0.25, 0.3) is 10.0 Å². The van der Waals surface area contributed by atoms with Gasteiger partial charge in [0.15, 0.2) is 0 Å². The van der Waals surface area contributed by atoms with Crippen molar-refractivity contribution in [3.05, 3.63) is 95.0 Å². The van der Waals surface area contributed by atoms with Gasteiger partial charge in [0.05, 0.1) is 10.6 Å². The number of sulfonamides is 1. The maximum Gasteiger partial charge on any atom is 0.264 e. The molecule has 7 nitrogen and oxygen atoms in total. The van der Waals surface area contributed by atoms with Crippen molar-refractivity contribution in [1.29, 1.82) is 5.26 Å². The first-order chi connectivity index (χ1) is 15.9. The van der Waals surface area contributed by atoms with Crippen LogP contribution in [0, 0.1) is 18.3 Å². The minimum atomic E-state index is -3.98. The molecular formula is C24H17ClN4O3S. The second kappa shape index (κ2) is 9.28. The van der Waals surface area contributed by atoms with Gasteiger partial charge in [-0.1, -0.05) is 59.6 Å². The zero-order chi connectivity index (χ0) is 23.4. The Morgan fingerprint density at radius 3 is 2.24 bits per heavy atom. The Balaban J connectivity index is 1.83. The van der Waals surface area contributed by atoms with E-state index in [1.54, 1.807) is 60.7 Å². The van der Waals surface area contributed by atoms with Crippen LogP contribution in [0.1, 0.15) is 11.1 Å². The summed E-state index contributed by atoms with van der Waals surface area (Å²) >= 11 is 5.99. The number of nitriles is 1. The highest BCUT2D eigenvalue weighted by molar-refractivity contribution is 7.92. The van der Waals surface area contributed by atoms with Crippen LogP contribution in [0.5, 0.6) is 11.6 Å². The highest BCUT2D eigenvalue weighted by Gasteiger charge is 2.22. The van der Waals surface area contributed by atoms with Gasteiger partial charge >= 0.3 is 0 Å². The molecule has 0 atom stereocenters. The lowest BCUT2D eigenvalue weighted by atomic mass is 10.1. The average Bonchev–Trinajstić information content (AvgIpc) is 2.80. The lowest BCUT2D eigenvalue weighted by Crippen LogP contribution is -2.16. The van der Waals surface area contributed by atoms with Crippen molar-refractivity contribution >= 4 is 27.6 Å². The molecule has 0 saturated heterocycles. The summed E-state index contributed by atoms with van der Waals surface area (Å²) in [6.07, 6.45) is 0. The van der Waals surface area contributed by atoms with E-state index < -0.39 is 10.0 Å². The van der Waals surface area contributed by atoms with Gasteiger partial charge in [-0.25, -0.2) is 18.1 Å². The largest absolute Gasteiger partial charge is 0.437 e. The number of anilines is 1. The topological polar surface area (TPSA) is 105 Å².